The Morgan fingerprint density at radius 1 is 1.18 bits per heavy atom. The molecule has 0 fully saturated rings. The van der Waals surface area contributed by atoms with Crippen molar-refractivity contribution in [3.05, 3.63) is 20.8 Å². The van der Waals surface area contributed by atoms with Crippen LogP contribution in [0.5, 0.6) is 0 Å². The van der Waals surface area contributed by atoms with E-state index in [1.165, 1.54) is 4.57 Å². The van der Waals surface area contributed by atoms with Gasteiger partial charge in [0.15, 0.2) is 11.2 Å². The number of rotatable bonds is 6. The van der Waals surface area contributed by atoms with E-state index in [1.807, 2.05) is 20.8 Å². The summed E-state index contributed by atoms with van der Waals surface area (Å²) in [4.78, 5) is 29.7. The second kappa shape index (κ2) is 6.35. The predicted molar refractivity (Wildman–Crippen MR) is 87.5 cm³/mol. The number of nitrogens with one attached hydrogen (secondary N) is 1. The molecule has 2 rings (SSSR count). The molecule has 2 aromatic heterocycles. The fourth-order valence-electron chi connectivity index (χ4n) is 2.63. The van der Waals surface area contributed by atoms with Gasteiger partial charge in [-0.1, -0.05) is 0 Å². The van der Waals surface area contributed by atoms with Gasteiger partial charge in [0.25, 0.3) is 5.56 Å². The minimum Gasteiger partial charge on any atom is -0.354 e. The molecule has 0 aliphatic rings. The van der Waals surface area contributed by atoms with Gasteiger partial charge in [-0.3, -0.25) is 13.9 Å². The fraction of sp³-hybridized carbons (Fsp3) is 0.643. The average molecular weight is 308 g/mol. The van der Waals surface area contributed by atoms with Crippen molar-refractivity contribution in [3.63, 3.8) is 0 Å². The van der Waals surface area contributed by atoms with Gasteiger partial charge in [0.05, 0.1) is 0 Å². The first-order valence-corrected chi connectivity index (χ1v) is 7.67. The first-order valence-electron chi connectivity index (χ1n) is 7.67. The van der Waals surface area contributed by atoms with E-state index >= 15 is 0 Å². The Morgan fingerprint density at radius 2 is 1.82 bits per heavy atom. The third-order valence-corrected chi connectivity index (χ3v) is 3.64. The van der Waals surface area contributed by atoms with E-state index in [9.17, 15) is 9.59 Å². The minimum atomic E-state index is -0.318. The van der Waals surface area contributed by atoms with Crippen molar-refractivity contribution in [1.29, 1.82) is 0 Å². The molecule has 0 saturated carbocycles. The topological polar surface area (TPSA) is 99.9 Å². The summed E-state index contributed by atoms with van der Waals surface area (Å²) in [7, 11) is 0. The van der Waals surface area contributed by atoms with Crippen molar-refractivity contribution in [2.75, 3.05) is 18.4 Å². The summed E-state index contributed by atoms with van der Waals surface area (Å²) in [6.07, 6.45) is 0. The quantitative estimate of drug-likeness (QED) is 0.802. The van der Waals surface area contributed by atoms with Crippen LogP contribution in [0.15, 0.2) is 9.59 Å². The van der Waals surface area contributed by atoms with Gasteiger partial charge in [-0.15, -0.1) is 0 Å². The maximum Gasteiger partial charge on any atom is 0.332 e. The van der Waals surface area contributed by atoms with Crippen molar-refractivity contribution in [2.24, 2.45) is 5.73 Å². The lowest BCUT2D eigenvalue weighted by Crippen LogP contribution is -2.40. The number of aromatic nitrogens is 4. The van der Waals surface area contributed by atoms with Gasteiger partial charge in [-0.25, -0.2) is 4.79 Å². The maximum atomic E-state index is 12.7. The Bertz CT molecular complexity index is 783. The molecule has 0 aromatic carbocycles. The van der Waals surface area contributed by atoms with E-state index in [0.717, 1.165) is 0 Å². The van der Waals surface area contributed by atoms with Crippen LogP contribution in [0, 0.1) is 0 Å². The fourth-order valence-corrected chi connectivity index (χ4v) is 2.63. The van der Waals surface area contributed by atoms with Crippen LogP contribution in [0.1, 0.15) is 33.7 Å². The normalized spacial score (nSPS) is 11.5. The minimum absolute atomic E-state index is 0.0871. The molecular formula is C14H24N6O2. The number of nitrogens with zero attached hydrogens (tertiary/aromatic N) is 4. The zero-order valence-corrected chi connectivity index (χ0v) is 13.6. The molecule has 8 nitrogen and oxygen atoms in total. The molecule has 0 radical (unpaired) electrons. The van der Waals surface area contributed by atoms with Crippen LogP contribution in [0.25, 0.3) is 11.2 Å². The second-order valence-electron chi connectivity index (χ2n) is 5.36. The first-order chi connectivity index (χ1) is 10.5. The standard InChI is InChI=1S/C14H24N6O2/c1-5-18-10-11(17-13(18)16-8-7-15)20(9(3)4)14(22)19(6-2)12(10)21/h9H,5-8,15H2,1-4H3,(H,16,17). The summed E-state index contributed by atoms with van der Waals surface area (Å²) >= 11 is 0. The number of fused-ring (bicyclic) bond motifs is 1. The maximum absolute atomic E-state index is 12.7. The number of nitrogens with two attached hydrogens (primary N) is 1. The summed E-state index contributed by atoms with van der Waals surface area (Å²) in [6.45, 7) is 9.47. The summed E-state index contributed by atoms with van der Waals surface area (Å²) in [5, 5.41) is 3.12. The van der Waals surface area contributed by atoms with Gasteiger partial charge < -0.3 is 15.6 Å². The van der Waals surface area contributed by atoms with E-state index < -0.39 is 0 Å². The highest BCUT2D eigenvalue weighted by Gasteiger charge is 2.21. The summed E-state index contributed by atoms with van der Waals surface area (Å²) in [5.74, 6) is 0.572. The molecule has 2 aromatic rings. The third-order valence-electron chi connectivity index (χ3n) is 3.64. The van der Waals surface area contributed by atoms with Crippen molar-refractivity contribution >= 4 is 17.1 Å². The zero-order valence-electron chi connectivity index (χ0n) is 13.6. The monoisotopic (exact) mass is 308 g/mol. The molecule has 122 valence electrons. The van der Waals surface area contributed by atoms with Crippen molar-refractivity contribution in [2.45, 2.75) is 46.8 Å². The summed E-state index contributed by atoms with van der Waals surface area (Å²) in [5.41, 5.74) is 5.79. The van der Waals surface area contributed by atoms with E-state index in [-0.39, 0.29) is 17.3 Å². The Labute approximate surface area is 128 Å². The smallest absolute Gasteiger partial charge is 0.332 e. The summed E-state index contributed by atoms with van der Waals surface area (Å²) < 4.78 is 4.63. The molecule has 0 saturated heterocycles. The Balaban J connectivity index is 2.92. The molecule has 0 amide bonds. The van der Waals surface area contributed by atoms with E-state index in [4.69, 9.17) is 5.73 Å². The van der Waals surface area contributed by atoms with Crippen LogP contribution in [-0.4, -0.2) is 31.8 Å². The molecule has 0 spiro atoms. The lowest BCUT2D eigenvalue weighted by Gasteiger charge is -2.13. The van der Waals surface area contributed by atoms with Crippen LogP contribution in [0.2, 0.25) is 0 Å². The Hall–Kier alpha value is -2.09. The first kappa shape index (κ1) is 16.3. The molecule has 0 unspecified atom stereocenters. The van der Waals surface area contributed by atoms with Crippen LogP contribution in [0.3, 0.4) is 0 Å². The Kier molecular flexibility index (Phi) is 4.70. The number of imidazole rings is 1. The summed E-state index contributed by atoms with van der Waals surface area (Å²) in [6, 6.07) is -0.0871. The average Bonchev–Trinajstić information content (AvgIpc) is 2.83. The van der Waals surface area contributed by atoms with Crippen LogP contribution < -0.4 is 22.3 Å². The van der Waals surface area contributed by atoms with Gasteiger partial charge >= 0.3 is 5.69 Å². The number of aryl methyl sites for hydroxylation is 1. The SMILES string of the molecule is CCn1c(=O)c2c(nc(NCCN)n2CC)n(C(C)C)c1=O. The van der Waals surface area contributed by atoms with E-state index in [2.05, 4.69) is 10.3 Å². The van der Waals surface area contributed by atoms with Crippen LogP contribution >= 0.6 is 0 Å². The number of hydrogen-bond acceptors (Lipinski definition) is 5. The van der Waals surface area contributed by atoms with Crippen molar-refractivity contribution in [3.8, 4) is 0 Å². The highest BCUT2D eigenvalue weighted by molar-refractivity contribution is 5.74. The van der Waals surface area contributed by atoms with Gasteiger partial charge in [-0.2, -0.15) is 4.98 Å². The highest BCUT2D eigenvalue weighted by atomic mass is 16.2. The second-order valence-corrected chi connectivity index (χ2v) is 5.36. The largest absolute Gasteiger partial charge is 0.354 e. The molecule has 0 bridgehead atoms. The lowest BCUT2D eigenvalue weighted by atomic mass is 10.3. The molecule has 8 heteroatoms. The van der Waals surface area contributed by atoms with Crippen molar-refractivity contribution < 1.29 is 0 Å². The molecule has 3 N–H and O–H groups in total. The molecule has 0 atom stereocenters. The zero-order chi connectivity index (χ0) is 16.4. The molecule has 0 aliphatic heterocycles. The lowest BCUT2D eigenvalue weighted by molar-refractivity contribution is 0.532. The van der Waals surface area contributed by atoms with E-state index in [0.29, 0.717) is 43.3 Å². The molecule has 0 aliphatic carbocycles. The van der Waals surface area contributed by atoms with Crippen LogP contribution in [-0.2, 0) is 13.1 Å². The van der Waals surface area contributed by atoms with Gasteiger partial charge in [-0.05, 0) is 27.7 Å². The Morgan fingerprint density at radius 3 is 2.32 bits per heavy atom. The molecule has 22 heavy (non-hydrogen) atoms. The number of hydrogen-bond donors (Lipinski definition) is 2. The number of anilines is 1. The van der Waals surface area contributed by atoms with Gasteiger partial charge in [0, 0.05) is 32.2 Å². The molecular weight excluding hydrogens is 284 g/mol. The molecule has 2 heterocycles. The van der Waals surface area contributed by atoms with Crippen LogP contribution in [0.4, 0.5) is 5.95 Å². The van der Waals surface area contributed by atoms with Gasteiger partial charge in [0.2, 0.25) is 5.95 Å². The van der Waals surface area contributed by atoms with E-state index in [1.54, 1.807) is 16.1 Å². The van der Waals surface area contributed by atoms with Gasteiger partial charge in [0.1, 0.15) is 0 Å². The van der Waals surface area contributed by atoms with Crippen molar-refractivity contribution in [1.82, 2.24) is 18.7 Å². The third kappa shape index (κ3) is 2.43. The highest BCUT2D eigenvalue weighted by Crippen LogP contribution is 2.18. The predicted octanol–water partition coefficient (Wildman–Crippen LogP) is 0.351.